The van der Waals surface area contributed by atoms with Gasteiger partial charge in [0.25, 0.3) is 5.91 Å². The normalized spacial score (nSPS) is 17.1. The van der Waals surface area contributed by atoms with Gasteiger partial charge in [0, 0.05) is 11.2 Å². The first-order chi connectivity index (χ1) is 10.8. The van der Waals surface area contributed by atoms with E-state index in [1.807, 2.05) is 20.8 Å². The second-order valence-corrected chi connectivity index (χ2v) is 6.93. The highest BCUT2D eigenvalue weighted by atomic mass is 35.5. The van der Waals surface area contributed by atoms with E-state index in [9.17, 15) is 9.59 Å². The number of carbonyl (C=O) groups excluding carboxylic acids is 2. The number of halogens is 2. The van der Waals surface area contributed by atoms with Gasteiger partial charge in [0.2, 0.25) is 5.91 Å². The number of carbonyl (C=O) groups is 2. The second kappa shape index (κ2) is 8.70. The summed E-state index contributed by atoms with van der Waals surface area (Å²) in [6.07, 6.45) is 2.66. The van der Waals surface area contributed by atoms with Crippen LogP contribution in [-0.4, -0.2) is 29.9 Å². The molecule has 0 spiro atoms. The van der Waals surface area contributed by atoms with E-state index < -0.39 is 0 Å². The van der Waals surface area contributed by atoms with Gasteiger partial charge in [0.05, 0.1) is 16.6 Å². The molecular formula is C17H25Cl2N3O2. The highest BCUT2D eigenvalue weighted by molar-refractivity contribution is 6.34. The van der Waals surface area contributed by atoms with Gasteiger partial charge in [0.15, 0.2) is 0 Å². The molecule has 0 saturated carbocycles. The molecule has 1 aromatic rings. The maximum atomic E-state index is 12.3. The summed E-state index contributed by atoms with van der Waals surface area (Å²) in [6.45, 7) is 6.80. The maximum Gasteiger partial charge on any atom is 0.253 e. The Morgan fingerprint density at radius 1 is 1.38 bits per heavy atom. The van der Waals surface area contributed by atoms with Gasteiger partial charge in [-0.2, -0.15) is 0 Å². The summed E-state index contributed by atoms with van der Waals surface area (Å²) in [4.78, 5) is 24.4. The summed E-state index contributed by atoms with van der Waals surface area (Å²) in [5.74, 6) is -0.278. The van der Waals surface area contributed by atoms with E-state index in [4.69, 9.17) is 11.6 Å². The Hall–Kier alpha value is -1.30. The highest BCUT2D eigenvalue weighted by Crippen LogP contribution is 2.22. The van der Waals surface area contributed by atoms with Crippen molar-refractivity contribution in [1.82, 2.24) is 10.6 Å². The molecule has 0 bridgehead atoms. The first kappa shape index (κ1) is 20.7. The number of amides is 2. The van der Waals surface area contributed by atoms with Crippen LogP contribution in [0.15, 0.2) is 18.2 Å². The lowest BCUT2D eigenvalue weighted by atomic mass is 10.0. The molecule has 0 aromatic heterocycles. The molecule has 1 saturated heterocycles. The highest BCUT2D eigenvalue weighted by Gasteiger charge is 2.23. The first-order valence-corrected chi connectivity index (χ1v) is 8.36. The molecular weight excluding hydrogens is 349 g/mol. The van der Waals surface area contributed by atoms with Crippen LogP contribution in [0.3, 0.4) is 0 Å². The van der Waals surface area contributed by atoms with Crippen LogP contribution in [0.1, 0.15) is 50.4 Å². The SMILES string of the molecule is CCC(C)(C)NC(=O)c1ccc(NC(=O)C2CCCN2)cc1Cl.Cl. The third kappa shape index (κ3) is 5.36. The fourth-order valence-corrected chi connectivity index (χ4v) is 2.64. The molecule has 1 atom stereocenters. The molecule has 7 heteroatoms. The van der Waals surface area contributed by atoms with Crippen LogP contribution in [0, 0.1) is 0 Å². The molecule has 134 valence electrons. The molecule has 1 unspecified atom stereocenters. The Morgan fingerprint density at radius 2 is 2.08 bits per heavy atom. The summed E-state index contributed by atoms with van der Waals surface area (Å²) in [7, 11) is 0. The van der Waals surface area contributed by atoms with Crippen LogP contribution in [0.25, 0.3) is 0 Å². The number of benzene rings is 1. The summed E-state index contributed by atoms with van der Waals surface area (Å²) < 4.78 is 0. The van der Waals surface area contributed by atoms with Crippen molar-refractivity contribution in [2.45, 2.75) is 51.6 Å². The minimum absolute atomic E-state index is 0. The Labute approximate surface area is 154 Å². The minimum Gasteiger partial charge on any atom is -0.347 e. The Balaban J connectivity index is 0.00000288. The van der Waals surface area contributed by atoms with Crippen molar-refractivity contribution in [2.75, 3.05) is 11.9 Å². The Bertz CT molecular complexity index is 599. The van der Waals surface area contributed by atoms with E-state index in [0.29, 0.717) is 16.3 Å². The van der Waals surface area contributed by atoms with Crippen LogP contribution >= 0.6 is 24.0 Å². The van der Waals surface area contributed by atoms with E-state index in [0.717, 1.165) is 25.8 Å². The van der Waals surface area contributed by atoms with Crippen molar-refractivity contribution in [3.63, 3.8) is 0 Å². The van der Waals surface area contributed by atoms with E-state index in [1.54, 1.807) is 18.2 Å². The number of anilines is 1. The van der Waals surface area contributed by atoms with Crippen molar-refractivity contribution in [3.05, 3.63) is 28.8 Å². The van der Waals surface area contributed by atoms with E-state index in [1.165, 1.54) is 0 Å². The average Bonchev–Trinajstić information content (AvgIpc) is 3.01. The standard InChI is InChI=1S/C17H24ClN3O2.ClH/c1-4-17(2,3)21-15(22)12-8-7-11(10-13(12)18)20-16(23)14-6-5-9-19-14;/h7-8,10,14,19H,4-6,9H2,1-3H3,(H,20,23)(H,21,22);1H. The molecule has 0 radical (unpaired) electrons. The van der Waals surface area contributed by atoms with E-state index in [2.05, 4.69) is 16.0 Å². The van der Waals surface area contributed by atoms with Crippen molar-refractivity contribution in [2.24, 2.45) is 0 Å². The molecule has 2 rings (SSSR count). The molecule has 0 aliphatic carbocycles. The summed E-state index contributed by atoms with van der Waals surface area (Å²) in [6, 6.07) is 4.80. The van der Waals surface area contributed by atoms with Gasteiger partial charge in [-0.05, 0) is 57.9 Å². The summed E-state index contributed by atoms with van der Waals surface area (Å²) >= 11 is 6.21. The number of rotatable bonds is 5. The lowest BCUT2D eigenvalue weighted by molar-refractivity contribution is -0.117. The molecule has 5 nitrogen and oxygen atoms in total. The Morgan fingerprint density at radius 3 is 2.62 bits per heavy atom. The van der Waals surface area contributed by atoms with E-state index in [-0.39, 0.29) is 35.8 Å². The van der Waals surface area contributed by atoms with Crippen LogP contribution in [0.2, 0.25) is 5.02 Å². The number of hydrogen-bond acceptors (Lipinski definition) is 3. The van der Waals surface area contributed by atoms with Gasteiger partial charge in [-0.25, -0.2) is 0 Å². The molecule has 2 amide bonds. The van der Waals surface area contributed by atoms with Crippen LogP contribution in [-0.2, 0) is 4.79 Å². The molecule has 1 aromatic carbocycles. The number of hydrogen-bond donors (Lipinski definition) is 3. The zero-order valence-corrected chi connectivity index (χ0v) is 15.8. The van der Waals surface area contributed by atoms with Crippen molar-refractivity contribution in [3.8, 4) is 0 Å². The van der Waals surface area contributed by atoms with Gasteiger partial charge in [-0.3, -0.25) is 9.59 Å². The molecule has 1 aliphatic heterocycles. The third-order valence-corrected chi connectivity index (χ3v) is 4.51. The fourth-order valence-electron chi connectivity index (χ4n) is 2.38. The average molecular weight is 374 g/mol. The van der Waals surface area contributed by atoms with Crippen LogP contribution in [0.5, 0.6) is 0 Å². The molecule has 1 fully saturated rings. The lowest BCUT2D eigenvalue weighted by Gasteiger charge is -2.24. The Kier molecular flexibility index (Phi) is 7.52. The lowest BCUT2D eigenvalue weighted by Crippen LogP contribution is -2.42. The fraction of sp³-hybridized carbons (Fsp3) is 0.529. The zero-order chi connectivity index (χ0) is 17.0. The second-order valence-electron chi connectivity index (χ2n) is 6.52. The van der Waals surface area contributed by atoms with Gasteiger partial charge in [-0.15, -0.1) is 12.4 Å². The molecule has 24 heavy (non-hydrogen) atoms. The molecule has 1 heterocycles. The summed E-state index contributed by atoms with van der Waals surface area (Å²) in [5.41, 5.74) is 0.715. The van der Waals surface area contributed by atoms with Gasteiger partial charge in [0.1, 0.15) is 0 Å². The molecule has 3 N–H and O–H groups in total. The van der Waals surface area contributed by atoms with Crippen molar-refractivity contribution < 1.29 is 9.59 Å². The maximum absolute atomic E-state index is 12.3. The van der Waals surface area contributed by atoms with Crippen molar-refractivity contribution >= 4 is 41.5 Å². The third-order valence-electron chi connectivity index (χ3n) is 4.19. The van der Waals surface area contributed by atoms with Gasteiger partial charge < -0.3 is 16.0 Å². The minimum atomic E-state index is -0.290. The first-order valence-electron chi connectivity index (χ1n) is 7.99. The summed E-state index contributed by atoms with van der Waals surface area (Å²) in [5, 5.41) is 9.25. The molecule has 1 aliphatic rings. The predicted octanol–water partition coefficient (Wildman–Crippen LogP) is 3.37. The topological polar surface area (TPSA) is 70.2 Å². The van der Waals surface area contributed by atoms with Crippen LogP contribution < -0.4 is 16.0 Å². The largest absolute Gasteiger partial charge is 0.347 e. The van der Waals surface area contributed by atoms with Gasteiger partial charge >= 0.3 is 0 Å². The van der Waals surface area contributed by atoms with Crippen LogP contribution in [0.4, 0.5) is 5.69 Å². The predicted molar refractivity (Wildman–Crippen MR) is 100 cm³/mol. The monoisotopic (exact) mass is 373 g/mol. The number of nitrogens with one attached hydrogen (secondary N) is 3. The quantitative estimate of drug-likeness (QED) is 0.740. The zero-order valence-electron chi connectivity index (χ0n) is 14.2. The van der Waals surface area contributed by atoms with E-state index >= 15 is 0 Å². The van der Waals surface area contributed by atoms with Gasteiger partial charge in [-0.1, -0.05) is 18.5 Å². The van der Waals surface area contributed by atoms with Crippen molar-refractivity contribution in [1.29, 1.82) is 0 Å². The smallest absolute Gasteiger partial charge is 0.253 e.